The molecular weight excluding hydrogens is 336 g/mol. The molecule has 0 aliphatic carbocycles. The molecule has 7 heteroatoms. The van der Waals surface area contributed by atoms with Crippen LogP contribution < -0.4 is 15.4 Å². The van der Waals surface area contributed by atoms with E-state index < -0.39 is 18.5 Å². The third-order valence-electron chi connectivity index (χ3n) is 3.38. The number of hydrogen-bond acceptors (Lipinski definition) is 5. The van der Waals surface area contributed by atoms with Crippen LogP contribution in [0.3, 0.4) is 0 Å². The Balaban J connectivity index is 1.96. The molecule has 0 aliphatic rings. The molecule has 2 N–H and O–H groups in total. The van der Waals surface area contributed by atoms with E-state index in [-0.39, 0.29) is 11.5 Å². The summed E-state index contributed by atoms with van der Waals surface area (Å²) in [7, 11) is 1.45. The van der Waals surface area contributed by atoms with Crippen molar-refractivity contribution in [2.24, 2.45) is 0 Å². The molecule has 0 heterocycles. The molecule has 0 radical (unpaired) electrons. The van der Waals surface area contributed by atoms with Crippen molar-refractivity contribution in [1.29, 1.82) is 0 Å². The largest absolute Gasteiger partial charge is 0.496 e. The monoisotopic (exact) mass is 356 g/mol. The van der Waals surface area contributed by atoms with Gasteiger partial charge in [-0.25, -0.2) is 4.79 Å². The summed E-state index contributed by atoms with van der Waals surface area (Å²) >= 11 is 0. The Labute approximate surface area is 151 Å². The first-order chi connectivity index (χ1) is 12.4. The minimum Gasteiger partial charge on any atom is -0.496 e. The second-order valence-corrected chi connectivity index (χ2v) is 5.59. The SMILES string of the molecule is COc1ccc(C)cc1C(=O)OCC(=O)Nc1cccc(NC(C)=O)c1. The van der Waals surface area contributed by atoms with E-state index in [1.165, 1.54) is 14.0 Å². The number of hydrogen-bond donors (Lipinski definition) is 2. The normalized spacial score (nSPS) is 9.96. The molecule has 2 aromatic carbocycles. The van der Waals surface area contributed by atoms with E-state index in [4.69, 9.17) is 9.47 Å². The Hall–Kier alpha value is -3.35. The third kappa shape index (κ3) is 5.34. The Morgan fingerprint density at radius 3 is 2.35 bits per heavy atom. The molecule has 0 unspecified atom stereocenters. The Morgan fingerprint density at radius 2 is 1.69 bits per heavy atom. The summed E-state index contributed by atoms with van der Waals surface area (Å²) in [5.74, 6) is -0.976. The van der Waals surface area contributed by atoms with Crippen LogP contribution in [0.1, 0.15) is 22.8 Å². The fourth-order valence-corrected chi connectivity index (χ4v) is 2.27. The Bertz CT molecular complexity index is 832. The van der Waals surface area contributed by atoms with Crippen LogP contribution in [-0.4, -0.2) is 31.5 Å². The summed E-state index contributed by atoms with van der Waals surface area (Å²) in [5, 5.41) is 5.22. The second-order valence-electron chi connectivity index (χ2n) is 5.59. The lowest BCUT2D eigenvalue weighted by molar-refractivity contribution is -0.119. The van der Waals surface area contributed by atoms with Crippen molar-refractivity contribution >= 4 is 29.2 Å². The fourth-order valence-electron chi connectivity index (χ4n) is 2.27. The van der Waals surface area contributed by atoms with Crippen LogP contribution in [-0.2, 0) is 14.3 Å². The number of benzene rings is 2. The zero-order valence-corrected chi connectivity index (χ0v) is 14.8. The van der Waals surface area contributed by atoms with Gasteiger partial charge in [-0.15, -0.1) is 0 Å². The summed E-state index contributed by atoms with van der Waals surface area (Å²) in [4.78, 5) is 35.2. The number of carbonyl (C=O) groups excluding carboxylic acids is 3. The smallest absolute Gasteiger partial charge is 0.342 e. The molecule has 0 bridgehead atoms. The van der Waals surface area contributed by atoms with Gasteiger partial charge in [-0.05, 0) is 37.3 Å². The van der Waals surface area contributed by atoms with Gasteiger partial charge in [0.1, 0.15) is 11.3 Å². The van der Waals surface area contributed by atoms with Gasteiger partial charge in [0, 0.05) is 18.3 Å². The molecule has 0 saturated heterocycles. The topological polar surface area (TPSA) is 93.7 Å². The van der Waals surface area contributed by atoms with Crippen molar-refractivity contribution in [3.8, 4) is 5.75 Å². The number of esters is 1. The Kier molecular flexibility index (Phi) is 6.32. The first kappa shape index (κ1) is 19.0. The molecule has 2 rings (SSSR count). The van der Waals surface area contributed by atoms with Crippen LogP contribution in [0.4, 0.5) is 11.4 Å². The molecule has 0 atom stereocenters. The third-order valence-corrected chi connectivity index (χ3v) is 3.38. The maximum absolute atomic E-state index is 12.2. The van der Waals surface area contributed by atoms with Crippen LogP contribution in [0, 0.1) is 6.92 Å². The lowest BCUT2D eigenvalue weighted by atomic mass is 10.1. The van der Waals surface area contributed by atoms with Crippen molar-refractivity contribution in [3.05, 3.63) is 53.6 Å². The molecule has 26 heavy (non-hydrogen) atoms. The molecule has 0 aromatic heterocycles. The molecule has 2 aromatic rings. The molecule has 0 fully saturated rings. The molecular formula is C19H20N2O5. The van der Waals surface area contributed by atoms with Gasteiger partial charge in [0.2, 0.25) is 5.91 Å². The second kappa shape index (κ2) is 8.66. The summed E-state index contributed by atoms with van der Waals surface area (Å²) in [6, 6.07) is 11.8. The highest BCUT2D eigenvalue weighted by Crippen LogP contribution is 2.20. The zero-order chi connectivity index (χ0) is 19.1. The standard InChI is InChI=1S/C19H20N2O5/c1-12-7-8-17(25-3)16(9-12)19(24)26-11-18(23)21-15-6-4-5-14(10-15)20-13(2)22/h4-10H,11H2,1-3H3,(H,20,22)(H,21,23). The van der Waals surface area contributed by atoms with Gasteiger partial charge in [0.05, 0.1) is 7.11 Å². The number of ether oxygens (including phenoxy) is 2. The van der Waals surface area contributed by atoms with Crippen LogP contribution in [0.5, 0.6) is 5.75 Å². The van der Waals surface area contributed by atoms with E-state index in [1.807, 2.05) is 13.0 Å². The average Bonchev–Trinajstić information content (AvgIpc) is 2.59. The van der Waals surface area contributed by atoms with Crippen molar-refractivity contribution < 1.29 is 23.9 Å². The van der Waals surface area contributed by atoms with E-state index in [0.717, 1.165) is 5.56 Å². The molecule has 0 aliphatic heterocycles. The molecule has 0 spiro atoms. The van der Waals surface area contributed by atoms with Crippen molar-refractivity contribution in [2.45, 2.75) is 13.8 Å². The van der Waals surface area contributed by atoms with Gasteiger partial charge >= 0.3 is 5.97 Å². The quantitative estimate of drug-likeness (QED) is 0.776. The summed E-state index contributed by atoms with van der Waals surface area (Å²) in [6.45, 7) is 2.79. The van der Waals surface area contributed by atoms with Crippen molar-refractivity contribution in [2.75, 3.05) is 24.4 Å². The van der Waals surface area contributed by atoms with E-state index >= 15 is 0 Å². The number of amides is 2. The maximum atomic E-state index is 12.2. The van der Waals surface area contributed by atoms with Gasteiger partial charge in [-0.1, -0.05) is 17.7 Å². The average molecular weight is 356 g/mol. The number of nitrogens with one attached hydrogen (secondary N) is 2. The van der Waals surface area contributed by atoms with E-state index in [2.05, 4.69) is 10.6 Å². The van der Waals surface area contributed by atoms with Gasteiger partial charge in [0.25, 0.3) is 5.91 Å². The van der Waals surface area contributed by atoms with Crippen LogP contribution in [0.15, 0.2) is 42.5 Å². The zero-order valence-electron chi connectivity index (χ0n) is 14.8. The van der Waals surface area contributed by atoms with E-state index in [9.17, 15) is 14.4 Å². The van der Waals surface area contributed by atoms with Crippen LogP contribution in [0.25, 0.3) is 0 Å². The predicted molar refractivity (Wildman–Crippen MR) is 97.4 cm³/mol. The van der Waals surface area contributed by atoms with Gasteiger partial charge in [-0.3, -0.25) is 9.59 Å². The van der Waals surface area contributed by atoms with Crippen LogP contribution in [0.2, 0.25) is 0 Å². The highest BCUT2D eigenvalue weighted by molar-refractivity contribution is 5.97. The lowest BCUT2D eigenvalue weighted by Crippen LogP contribution is -2.21. The van der Waals surface area contributed by atoms with E-state index in [1.54, 1.807) is 36.4 Å². The highest BCUT2D eigenvalue weighted by atomic mass is 16.5. The fraction of sp³-hybridized carbons (Fsp3) is 0.211. The van der Waals surface area contributed by atoms with Crippen molar-refractivity contribution in [1.82, 2.24) is 0 Å². The minimum absolute atomic E-state index is 0.213. The molecule has 7 nitrogen and oxygen atoms in total. The first-order valence-corrected chi connectivity index (χ1v) is 7.88. The number of carbonyl (C=O) groups is 3. The lowest BCUT2D eigenvalue weighted by Gasteiger charge is -2.10. The van der Waals surface area contributed by atoms with E-state index in [0.29, 0.717) is 17.1 Å². The minimum atomic E-state index is -0.646. The van der Waals surface area contributed by atoms with Gasteiger partial charge in [0.15, 0.2) is 6.61 Å². The summed E-state index contributed by atoms with van der Waals surface area (Å²) < 4.78 is 10.2. The first-order valence-electron chi connectivity index (χ1n) is 7.88. The number of methoxy groups -OCH3 is 1. The van der Waals surface area contributed by atoms with Crippen molar-refractivity contribution in [3.63, 3.8) is 0 Å². The van der Waals surface area contributed by atoms with Gasteiger partial charge in [-0.2, -0.15) is 0 Å². The predicted octanol–water partition coefficient (Wildman–Crippen LogP) is 2.76. The Morgan fingerprint density at radius 1 is 1.00 bits per heavy atom. The highest BCUT2D eigenvalue weighted by Gasteiger charge is 2.15. The molecule has 136 valence electrons. The van der Waals surface area contributed by atoms with Gasteiger partial charge < -0.3 is 20.1 Å². The number of rotatable bonds is 6. The van der Waals surface area contributed by atoms with Crippen LogP contribution >= 0.6 is 0 Å². The summed E-state index contributed by atoms with van der Waals surface area (Å²) in [5.41, 5.74) is 2.16. The summed E-state index contributed by atoms with van der Waals surface area (Å²) in [6.07, 6.45) is 0. The molecule has 2 amide bonds. The number of anilines is 2. The molecule has 0 saturated carbocycles. The number of aryl methyl sites for hydroxylation is 1. The maximum Gasteiger partial charge on any atom is 0.342 e.